The van der Waals surface area contributed by atoms with E-state index in [0.717, 1.165) is 12.0 Å². The summed E-state index contributed by atoms with van der Waals surface area (Å²) in [4.78, 5) is 27.6. The van der Waals surface area contributed by atoms with Crippen LogP contribution in [-0.4, -0.2) is 55.2 Å². The molecule has 3 rings (SSSR count). The first kappa shape index (κ1) is 25.1. The highest BCUT2D eigenvalue weighted by atomic mass is 16.5. The first-order chi connectivity index (χ1) is 16.5. The molecule has 180 valence electrons. The molecule has 1 N–H and O–H groups in total. The van der Waals surface area contributed by atoms with Crippen LogP contribution in [0.4, 0.5) is 0 Å². The van der Waals surface area contributed by atoms with Gasteiger partial charge in [0.25, 0.3) is 5.91 Å². The van der Waals surface area contributed by atoms with E-state index in [2.05, 4.69) is 0 Å². The van der Waals surface area contributed by atoms with Crippen LogP contribution in [0.1, 0.15) is 37.4 Å². The number of allylic oxidation sites excluding steroid dienone is 1. The molecule has 1 heterocycles. The number of carbonyl (C=O) groups is 2. The Balaban J connectivity index is 2.02. The number of methoxy groups -OCH3 is 1. The lowest BCUT2D eigenvalue weighted by Crippen LogP contribution is -2.33. The fraction of sp³-hybridized carbons (Fsp3) is 0.333. The molecular weight excluding hydrogens is 434 g/mol. The van der Waals surface area contributed by atoms with Crippen LogP contribution in [0.2, 0.25) is 0 Å². The van der Waals surface area contributed by atoms with Crippen molar-refractivity contribution in [3.63, 3.8) is 0 Å². The Kier molecular flexibility index (Phi) is 8.87. The lowest BCUT2D eigenvalue weighted by atomic mass is 9.95. The smallest absolute Gasteiger partial charge is 0.290 e. The van der Waals surface area contributed by atoms with E-state index in [1.165, 1.54) is 18.1 Å². The summed E-state index contributed by atoms with van der Waals surface area (Å²) in [6, 6.07) is 13.9. The van der Waals surface area contributed by atoms with E-state index < -0.39 is 23.5 Å². The molecule has 1 amide bonds. The van der Waals surface area contributed by atoms with Crippen molar-refractivity contribution in [2.45, 2.75) is 26.3 Å². The van der Waals surface area contributed by atoms with E-state index in [1.54, 1.807) is 24.3 Å². The normalized spacial score (nSPS) is 15.9. The van der Waals surface area contributed by atoms with Gasteiger partial charge in [-0.3, -0.25) is 9.59 Å². The lowest BCUT2D eigenvalue weighted by Gasteiger charge is -2.27. The van der Waals surface area contributed by atoms with E-state index in [-0.39, 0.29) is 18.7 Å². The summed E-state index contributed by atoms with van der Waals surface area (Å²) in [6.45, 7) is 5.32. The number of benzene rings is 2. The van der Waals surface area contributed by atoms with Gasteiger partial charge < -0.3 is 24.2 Å². The van der Waals surface area contributed by atoms with Crippen LogP contribution in [0.5, 0.6) is 11.5 Å². The maximum atomic E-state index is 13.2. The zero-order chi connectivity index (χ0) is 24.5. The molecule has 34 heavy (non-hydrogen) atoms. The van der Waals surface area contributed by atoms with Gasteiger partial charge in [-0.2, -0.15) is 0 Å². The highest BCUT2D eigenvalue weighted by Crippen LogP contribution is 2.41. The van der Waals surface area contributed by atoms with Crippen molar-refractivity contribution >= 4 is 17.8 Å². The largest absolute Gasteiger partial charge is 0.503 e. The van der Waals surface area contributed by atoms with Crippen LogP contribution >= 0.6 is 0 Å². The minimum atomic E-state index is -0.782. The second kappa shape index (κ2) is 12.0. The number of ether oxygens (including phenoxy) is 3. The zero-order valence-electron chi connectivity index (χ0n) is 19.8. The Labute approximate surface area is 200 Å². The number of rotatable bonds is 12. The third-order valence-electron chi connectivity index (χ3n) is 5.38. The molecule has 7 heteroatoms. The molecule has 0 aromatic heterocycles. The van der Waals surface area contributed by atoms with Crippen molar-refractivity contribution < 1.29 is 28.9 Å². The van der Waals surface area contributed by atoms with Gasteiger partial charge in [-0.25, -0.2) is 0 Å². The summed E-state index contributed by atoms with van der Waals surface area (Å²) < 4.78 is 16.7. The van der Waals surface area contributed by atoms with Gasteiger partial charge in [-0.15, -0.1) is 0 Å². The monoisotopic (exact) mass is 465 g/mol. The first-order valence-electron chi connectivity index (χ1n) is 11.4. The van der Waals surface area contributed by atoms with Gasteiger partial charge in [0.15, 0.2) is 23.0 Å². The number of aliphatic hydroxyl groups excluding tert-OH is 1. The number of aliphatic hydroxyl groups is 1. The number of ketones is 1. The summed E-state index contributed by atoms with van der Waals surface area (Å²) in [7, 11) is 1.53. The first-order valence-corrected chi connectivity index (χ1v) is 11.4. The van der Waals surface area contributed by atoms with E-state index >= 15 is 0 Å². The number of hydrogen-bond donors (Lipinski definition) is 1. The number of amides is 1. The molecule has 7 nitrogen and oxygen atoms in total. The fourth-order valence-electron chi connectivity index (χ4n) is 3.79. The van der Waals surface area contributed by atoms with Gasteiger partial charge in [0.2, 0.25) is 0 Å². The SMILES string of the molecule is CCCOc1ccc(C2C(C(=O)C=Cc3ccccc3)=C(O)C(=O)N2CCOC)cc1OCC. The van der Waals surface area contributed by atoms with Gasteiger partial charge in [0.1, 0.15) is 0 Å². The molecule has 0 saturated carbocycles. The van der Waals surface area contributed by atoms with Gasteiger partial charge in [-0.1, -0.05) is 49.4 Å². The van der Waals surface area contributed by atoms with Crippen LogP contribution in [0.25, 0.3) is 6.08 Å². The molecule has 2 aromatic carbocycles. The van der Waals surface area contributed by atoms with Crippen molar-refractivity contribution in [1.29, 1.82) is 0 Å². The predicted molar refractivity (Wildman–Crippen MR) is 130 cm³/mol. The average molecular weight is 466 g/mol. The molecule has 0 radical (unpaired) electrons. The molecule has 1 unspecified atom stereocenters. The standard InChI is InChI=1S/C27H31NO6/c1-4-16-34-22-14-12-20(18-23(22)33-5-2)25-24(26(30)27(31)28(25)15-17-32-3)21(29)13-11-19-9-7-6-8-10-19/h6-14,18,25,30H,4-5,15-17H2,1-3H3. The number of nitrogens with zero attached hydrogens (tertiary/aromatic N) is 1. The maximum absolute atomic E-state index is 13.2. The van der Waals surface area contributed by atoms with Gasteiger partial charge >= 0.3 is 0 Å². The topological polar surface area (TPSA) is 85.3 Å². The molecule has 0 aliphatic carbocycles. The minimum absolute atomic E-state index is 0.0259. The summed E-state index contributed by atoms with van der Waals surface area (Å²) in [5.41, 5.74) is 1.50. The molecule has 0 saturated heterocycles. The molecule has 1 aliphatic heterocycles. The Hall–Kier alpha value is -3.58. The second-order valence-corrected chi connectivity index (χ2v) is 7.75. The molecule has 1 aliphatic rings. The van der Waals surface area contributed by atoms with Crippen molar-refractivity contribution in [1.82, 2.24) is 4.90 Å². The van der Waals surface area contributed by atoms with Gasteiger partial charge in [0.05, 0.1) is 31.4 Å². The Morgan fingerprint density at radius 1 is 1.06 bits per heavy atom. The van der Waals surface area contributed by atoms with Gasteiger partial charge in [-0.05, 0) is 42.7 Å². The highest BCUT2D eigenvalue weighted by molar-refractivity contribution is 6.14. The predicted octanol–water partition coefficient (Wildman–Crippen LogP) is 4.50. The fourth-order valence-corrected chi connectivity index (χ4v) is 3.79. The third kappa shape index (κ3) is 5.66. The summed E-state index contributed by atoms with van der Waals surface area (Å²) in [6.07, 6.45) is 3.89. The summed E-state index contributed by atoms with van der Waals surface area (Å²) in [5, 5.41) is 10.7. The highest BCUT2D eigenvalue weighted by Gasteiger charge is 2.43. The second-order valence-electron chi connectivity index (χ2n) is 7.75. The molecule has 0 fully saturated rings. The van der Waals surface area contributed by atoms with E-state index in [0.29, 0.717) is 30.3 Å². The van der Waals surface area contributed by atoms with Crippen LogP contribution in [0.3, 0.4) is 0 Å². The summed E-state index contributed by atoms with van der Waals surface area (Å²) in [5.74, 6) is -0.490. The Morgan fingerprint density at radius 2 is 1.82 bits per heavy atom. The zero-order valence-corrected chi connectivity index (χ0v) is 19.8. The molecule has 1 atom stereocenters. The van der Waals surface area contributed by atoms with Crippen LogP contribution < -0.4 is 9.47 Å². The number of carbonyl (C=O) groups excluding carboxylic acids is 2. The molecule has 2 aromatic rings. The van der Waals surface area contributed by atoms with Crippen molar-refractivity contribution in [2.75, 3.05) is 33.5 Å². The van der Waals surface area contributed by atoms with E-state index in [1.807, 2.05) is 44.2 Å². The third-order valence-corrected chi connectivity index (χ3v) is 5.38. The lowest BCUT2D eigenvalue weighted by molar-refractivity contribution is -0.130. The van der Waals surface area contributed by atoms with Gasteiger partial charge in [0, 0.05) is 13.7 Å². The van der Waals surface area contributed by atoms with E-state index in [9.17, 15) is 14.7 Å². The molecule has 0 bridgehead atoms. The van der Waals surface area contributed by atoms with Crippen molar-refractivity contribution in [3.05, 3.63) is 77.1 Å². The molecular formula is C27H31NO6. The average Bonchev–Trinajstić information content (AvgIpc) is 3.11. The maximum Gasteiger partial charge on any atom is 0.290 e. The van der Waals surface area contributed by atoms with Crippen molar-refractivity contribution in [3.8, 4) is 11.5 Å². The van der Waals surface area contributed by atoms with Crippen LogP contribution in [0, 0.1) is 0 Å². The summed E-state index contributed by atoms with van der Waals surface area (Å²) >= 11 is 0. The Morgan fingerprint density at radius 3 is 2.50 bits per heavy atom. The van der Waals surface area contributed by atoms with Crippen molar-refractivity contribution in [2.24, 2.45) is 0 Å². The number of hydrogen-bond acceptors (Lipinski definition) is 6. The quantitative estimate of drug-likeness (QED) is 0.465. The molecule has 0 spiro atoms. The Bertz CT molecular complexity index is 1060. The van der Waals surface area contributed by atoms with E-state index in [4.69, 9.17) is 14.2 Å². The van der Waals surface area contributed by atoms with Crippen LogP contribution in [0.15, 0.2) is 65.9 Å². The minimum Gasteiger partial charge on any atom is -0.503 e. The van der Waals surface area contributed by atoms with Crippen LogP contribution in [-0.2, 0) is 14.3 Å².